The number of rotatable bonds is 6. The van der Waals surface area contributed by atoms with Gasteiger partial charge >= 0.3 is 0 Å². The van der Waals surface area contributed by atoms with Crippen LogP contribution in [0.4, 0.5) is 11.6 Å². The first-order chi connectivity index (χ1) is 12.2. The highest BCUT2D eigenvalue weighted by Crippen LogP contribution is 2.22. The second kappa shape index (κ2) is 7.94. The second-order valence-electron chi connectivity index (χ2n) is 6.01. The first kappa shape index (κ1) is 17.2. The number of nitrogens with zero attached hydrogens (tertiary/aromatic N) is 4. The van der Waals surface area contributed by atoms with Gasteiger partial charge in [0.1, 0.15) is 5.75 Å². The molecule has 1 aromatic carbocycles. The lowest BCUT2D eigenvalue weighted by atomic mass is 10.1. The molecule has 2 N–H and O–H groups in total. The molecule has 1 aliphatic heterocycles. The van der Waals surface area contributed by atoms with E-state index < -0.39 is 0 Å². The molecule has 1 aromatic heterocycles. The van der Waals surface area contributed by atoms with Crippen LogP contribution in [0.15, 0.2) is 36.7 Å². The number of aromatic nitrogens is 2. The molecule has 0 unspecified atom stereocenters. The van der Waals surface area contributed by atoms with Crippen molar-refractivity contribution in [2.75, 3.05) is 50.5 Å². The van der Waals surface area contributed by atoms with Crippen molar-refractivity contribution in [3.63, 3.8) is 0 Å². The zero-order valence-electron chi connectivity index (χ0n) is 14.4. The highest BCUT2D eigenvalue weighted by atomic mass is 16.5. The van der Waals surface area contributed by atoms with Crippen LogP contribution in [0.2, 0.25) is 0 Å². The number of carbonyl (C=O) groups is 1. The van der Waals surface area contributed by atoms with E-state index in [1.807, 2.05) is 6.07 Å². The molecule has 7 nitrogen and oxygen atoms in total. The minimum atomic E-state index is 0.100. The summed E-state index contributed by atoms with van der Waals surface area (Å²) in [5.74, 6) is 1.46. The fourth-order valence-electron chi connectivity index (χ4n) is 2.94. The van der Waals surface area contributed by atoms with E-state index in [0.717, 1.165) is 38.7 Å². The maximum atomic E-state index is 12.4. The highest BCUT2D eigenvalue weighted by molar-refractivity contribution is 5.97. The molecule has 1 saturated heterocycles. The lowest BCUT2D eigenvalue weighted by Gasteiger charge is -2.34. The Bertz CT molecular complexity index is 715. The predicted molar refractivity (Wildman–Crippen MR) is 97.0 cm³/mol. The predicted octanol–water partition coefficient (Wildman–Crippen LogP) is 1.46. The van der Waals surface area contributed by atoms with Crippen molar-refractivity contribution in [2.45, 2.75) is 6.42 Å². The molecule has 25 heavy (non-hydrogen) atoms. The minimum absolute atomic E-state index is 0.100. The molecule has 0 saturated carbocycles. The molecule has 7 heteroatoms. The van der Waals surface area contributed by atoms with Crippen LogP contribution < -0.4 is 15.4 Å². The normalized spacial score (nSPS) is 15.2. The van der Waals surface area contributed by atoms with Gasteiger partial charge in [0, 0.05) is 57.1 Å². The molecular formula is C18H23N5O2. The smallest absolute Gasteiger partial charge is 0.225 e. The molecule has 0 aliphatic carbocycles. The van der Waals surface area contributed by atoms with Gasteiger partial charge in [-0.05, 0) is 24.3 Å². The van der Waals surface area contributed by atoms with E-state index in [4.69, 9.17) is 10.5 Å². The monoisotopic (exact) mass is 341 g/mol. The second-order valence-corrected chi connectivity index (χ2v) is 6.01. The number of nitrogens with two attached hydrogens (primary N) is 1. The van der Waals surface area contributed by atoms with Gasteiger partial charge in [0.15, 0.2) is 5.78 Å². The Labute approximate surface area is 147 Å². The number of nitrogen functional groups attached to an aromatic ring is 1. The van der Waals surface area contributed by atoms with Gasteiger partial charge in [-0.25, -0.2) is 9.97 Å². The fourth-order valence-corrected chi connectivity index (χ4v) is 2.94. The third-order valence-corrected chi connectivity index (χ3v) is 4.41. The van der Waals surface area contributed by atoms with Crippen LogP contribution in [0.3, 0.4) is 0 Å². The van der Waals surface area contributed by atoms with Crippen LogP contribution in [0, 0.1) is 0 Å². The molecule has 0 spiro atoms. The molecule has 132 valence electrons. The Hall–Kier alpha value is -2.67. The van der Waals surface area contributed by atoms with Gasteiger partial charge in [0.25, 0.3) is 0 Å². The quantitative estimate of drug-likeness (QED) is 0.629. The molecule has 2 heterocycles. The number of methoxy groups -OCH3 is 1. The lowest BCUT2D eigenvalue weighted by molar-refractivity contribution is 0.0962. The molecule has 1 aliphatic rings. The van der Waals surface area contributed by atoms with Gasteiger partial charge in [0.2, 0.25) is 5.95 Å². The highest BCUT2D eigenvalue weighted by Gasteiger charge is 2.19. The van der Waals surface area contributed by atoms with Crippen molar-refractivity contribution in [1.82, 2.24) is 14.9 Å². The molecule has 3 rings (SSSR count). The first-order valence-electron chi connectivity index (χ1n) is 8.38. The summed E-state index contributed by atoms with van der Waals surface area (Å²) in [5, 5.41) is 0. The van der Waals surface area contributed by atoms with Crippen molar-refractivity contribution in [3.8, 4) is 5.75 Å². The van der Waals surface area contributed by atoms with Gasteiger partial charge in [-0.3, -0.25) is 9.69 Å². The number of ketones is 1. The maximum Gasteiger partial charge on any atom is 0.225 e. The van der Waals surface area contributed by atoms with Gasteiger partial charge in [-0.2, -0.15) is 0 Å². The van der Waals surface area contributed by atoms with Crippen LogP contribution in [0.5, 0.6) is 5.75 Å². The average Bonchev–Trinajstić information content (AvgIpc) is 2.67. The maximum absolute atomic E-state index is 12.4. The van der Waals surface area contributed by atoms with Crippen LogP contribution in [-0.2, 0) is 0 Å². The van der Waals surface area contributed by atoms with Crippen molar-refractivity contribution in [3.05, 3.63) is 42.2 Å². The molecule has 0 atom stereocenters. The fraction of sp³-hybridized carbons (Fsp3) is 0.389. The first-order valence-corrected chi connectivity index (χ1v) is 8.38. The summed E-state index contributed by atoms with van der Waals surface area (Å²) in [5.41, 5.74) is 7.00. The zero-order chi connectivity index (χ0) is 17.6. The number of hydrogen-bond donors (Lipinski definition) is 1. The number of Topliss-reactive ketones (excluding diaryl/α,β-unsaturated/α-hetero) is 1. The Morgan fingerprint density at radius 1 is 1.20 bits per heavy atom. The Morgan fingerprint density at radius 3 is 2.56 bits per heavy atom. The SMILES string of the molecule is COc1ccc(C(=O)CCN2CCN(c3ncccn3)CC2)cc1N. The van der Waals surface area contributed by atoms with E-state index in [1.54, 1.807) is 37.7 Å². The molecular weight excluding hydrogens is 318 g/mol. The van der Waals surface area contributed by atoms with Crippen LogP contribution in [0.25, 0.3) is 0 Å². The van der Waals surface area contributed by atoms with Crippen molar-refractivity contribution < 1.29 is 9.53 Å². The van der Waals surface area contributed by atoms with Crippen molar-refractivity contribution >= 4 is 17.4 Å². The Balaban J connectivity index is 1.48. The summed E-state index contributed by atoms with van der Waals surface area (Å²) < 4.78 is 5.12. The molecule has 0 bridgehead atoms. The largest absolute Gasteiger partial charge is 0.495 e. The summed E-state index contributed by atoms with van der Waals surface area (Å²) in [7, 11) is 1.56. The molecule has 0 radical (unpaired) electrons. The van der Waals surface area contributed by atoms with Crippen LogP contribution in [0.1, 0.15) is 16.8 Å². The van der Waals surface area contributed by atoms with Gasteiger partial charge in [-0.1, -0.05) is 0 Å². The minimum Gasteiger partial charge on any atom is -0.495 e. The number of hydrogen-bond acceptors (Lipinski definition) is 7. The number of carbonyl (C=O) groups excluding carboxylic acids is 1. The molecule has 0 amide bonds. The molecule has 1 fully saturated rings. The number of benzene rings is 1. The number of anilines is 2. The number of piperazine rings is 1. The van der Waals surface area contributed by atoms with E-state index in [1.165, 1.54) is 0 Å². The van der Waals surface area contributed by atoms with E-state index in [9.17, 15) is 4.79 Å². The standard InChI is InChI=1S/C18H23N5O2/c1-25-17-4-3-14(13-15(17)19)16(24)5-8-22-9-11-23(12-10-22)18-20-6-2-7-21-18/h2-4,6-7,13H,5,8-12,19H2,1H3. The van der Waals surface area contributed by atoms with E-state index in [-0.39, 0.29) is 5.78 Å². The zero-order valence-corrected chi connectivity index (χ0v) is 14.4. The average molecular weight is 341 g/mol. The lowest BCUT2D eigenvalue weighted by Crippen LogP contribution is -2.47. The summed E-state index contributed by atoms with van der Waals surface area (Å²) in [6, 6.07) is 7.01. The van der Waals surface area contributed by atoms with E-state index in [2.05, 4.69) is 19.8 Å². The summed E-state index contributed by atoms with van der Waals surface area (Å²) in [6.07, 6.45) is 4.00. The third kappa shape index (κ3) is 4.24. The van der Waals surface area contributed by atoms with Gasteiger partial charge in [0.05, 0.1) is 12.8 Å². The van der Waals surface area contributed by atoms with Crippen molar-refractivity contribution in [2.24, 2.45) is 0 Å². The Morgan fingerprint density at radius 2 is 1.92 bits per heavy atom. The Kier molecular flexibility index (Phi) is 5.45. The van der Waals surface area contributed by atoms with Crippen molar-refractivity contribution in [1.29, 1.82) is 0 Å². The summed E-state index contributed by atoms with van der Waals surface area (Å²) in [6.45, 7) is 4.28. The molecule has 2 aromatic rings. The number of ether oxygens (including phenoxy) is 1. The van der Waals surface area contributed by atoms with E-state index >= 15 is 0 Å². The third-order valence-electron chi connectivity index (χ3n) is 4.41. The van der Waals surface area contributed by atoms with Gasteiger partial charge in [-0.15, -0.1) is 0 Å². The van der Waals surface area contributed by atoms with Crippen LogP contribution in [-0.4, -0.2) is 60.5 Å². The van der Waals surface area contributed by atoms with Gasteiger partial charge < -0.3 is 15.4 Å². The summed E-state index contributed by atoms with van der Waals surface area (Å²) >= 11 is 0. The summed E-state index contributed by atoms with van der Waals surface area (Å²) in [4.78, 5) is 25.4. The van der Waals surface area contributed by atoms with E-state index in [0.29, 0.717) is 23.4 Å². The van der Waals surface area contributed by atoms with Crippen LogP contribution >= 0.6 is 0 Å². The topological polar surface area (TPSA) is 84.6 Å².